The van der Waals surface area contributed by atoms with E-state index < -0.39 is 0 Å². The van der Waals surface area contributed by atoms with Crippen LogP contribution in [0, 0.1) is 11.8 Å². The SMILES string of the molecule is CCOc1ccc(C(=O)C2CCC(C)CC2)c(Br)c1. The van der Waals surface area contributed by atoms with Gasteiger partial charge in [-0.05, 0) is 59.8 Å². The molecule has 0 aliphatic heterocycles. The van der Waals surface area contributed by atoms with E-state index in [4.69, 9.17) is 4.74 Å². The molecule has 19 heavy (non-hydrogen) atoms. The molecule has 1 saturated carbocycles. The molecule has 0 aromatic heterocycles. The van der Waals surface area contributed by atoms with Crippen molar-refractivity contribution in [3.8, 4) is 5.75 Å². The molecule has 0 bridgehead atoms. The molecule has 1 aliphatic rings. The van der Waals surface area contributed by atoms with Gasteiger partial charge in [0.25, 0.3) is 0 Å². The smallest absolute Gasteiger partial charge is 0.167 e. The van der Waals surface area contributed by atoms with Crippen molar-refractivity contribution < 1.29 is 9.53 Å². The van der Waals surface area contributed by atoms with E-state index in [1.54, 1.807) is 0 Å². The Bertz CT molecular complexity index is 448. The summed E-state index contributed by atoms with van der Waals surface area (Å²) in [6.07, 6.45) is 4.40. The maximum atomic E-state index is 12.5. The van der Waals surface area contributed by atoms with Crippen LogP contribution in [0.4, 0.5) is 0 Å². The van der Waals surface area contributed by atoms with Gasteiger partial charge in [0.1, 0.15) is 5.75 Å². The summed E-state index contributed by atoms with van der Waals surface area (Å²) in [5.41, 5.74) is 0.794. The highest BCUT2D eigenvalue weighted by Gasteiger charge is 2.26. The zero-order chi connectivity index (χ0) is 13.8. The summed E-state index contributed by atoms with van der Waals surface area (Å²) in [4.78, 5) is 12.5. The summed E-state index contributed by atoms with van der Waals surface area (Å²) in [6, 6.07) is 5.66. The highest BCUT2D eigenvalue weighted by Crippen LogP contribution is 2.33. The zero-order valence-corrected chi connectivity index (χ0v) is 13.2. The van der Waals surface area contributed by atoms with E-state index in [-0.39, 0.29) is 11.7 Å². The van der Waals surface area contributed by atoms with Crippen LogP contribution in [0.2, 0.25) is 0 Å². The lowest BCUT2D eigenvalue weighted by Crippen LogP contribution is -2.21. The number of carbonyl (C=O) groups excluding carboxylic acids is 1. The van der Waals surface area contributed by atoms with Gasteiger partial charge in [-0.25, -0.2) is 0 Å². The van der Waals surface area contributed by atoms with E-state index in [9.17, 15) is 4.79 Å². The Morgan fingerprint density at radius 1 is 1.32 bits per heavy atom. The number of halogens is 1. The Hall–Kier alpha value is -0.830. The molecule has 104 valence electrons. The fourth-order valence-electron chi connectivity index (χ4n) is 2.69. The molecule has 1 aliphatic carbocycles. The molecule has 1 aromatic carbocycles. The van der Waals surface area contributed by atoms with Crippen molar-refractivity contribution in [1.29, 1.82) is 0 Å². The van der Waals surface area contributed by atoms with E-state index in [2.05, 4.69) is 22.9 Å². The monoisotopic (exact) mass is 324 g/mol. The van der Waals surface area contributed by atoms with Crippen LogP contribution in [-0.2, 0) is 0 Å². The third-order valence-electron chi connectivity index (χ3n) is 3.90. The van der Waals surface area contributed by atoms with Crippen LogP contribution in [0.5, 0.6) is 5.75 Å². The normalized spacial score (nSPS) is 23.1. The third-order valence-corrected chi connectivity index (χ3v) is 4.56. The van der Waals surface area contributed by atoms with Gasteiger partial charge in [-0.15, -0.1) is 0 Å². The topological polar surface area (TPSA) is 26.3 Å². The van der Waals surface area contributed by atoms with Crippen LogP contribution < -0.4 is 4.74 Å². The Balaban J connectivity index is 2.10. The maximum absolute atomic E-state index is 12.5. The number of benzene rings is 1. The number of ketones is 1. The summed E-state index contributed by atoms with van der Waals surface area (Å²) < 4.78 is 6.29. The summed E-state index contributed by atoms with van der Waals surface area (Å²) in [7, 11) is 0. The molecule has 0 radical (unpaired) electrons. The molecule has 1 aromatic rings. The van der Waals surface area contributed by atoms with Gasteiger partial charge in [0.15, 0.2) is 5.78 Å². The van der Waals surface area contributed by atoms with Crippen LogP contribution in [0.3, 0.4) is 0 Å². The lowest BCUT2D eigenvalue weighted by molar-refractivity contribution is 0.0875. The van der Waals surface area contributed by atoms with Gasteiger partial charge in [0, 0.05) is 16.0 Å². The predicted molar refractivity (Wildman–Crippen MR) is 80.8 cm³/mol. The molecule has 0 spiro atoms. The minimum Gasteiger partial charge on any atom is -0.494 e. The molecule has 1 fully saturated rings. The zero-order valence-electron chi connectivity index (χ0n) is 11.6. The fourth-order valence-corrected chi connectivity index (χ4v) is 3.25. The maximum Gasteiger partial charge on any atom is 0.167 e. The molecule has 2 rings (SSSR count). The van der Waals surface area contributed by atoms with Crippen LogP contribution in [0.15, 0.2) is 22.7 Å². The van der Waals surface area contributed by atoms with Crippen molar-refractivity contribution in [3.63, 3.8) is 0 Å². The minimum atomic E-state index is 0.199. The van der Waals surface area contributed by atoms with Gasteiger partial charge in [-0.1, -0.05) is 19.8 Å². The van der Waals surface area contributed by atoms with Gasteiger partial charge in [0.05, 0.1) is 6.61 Å². The highest BCUT2D eigenvalue weighted by molar-refractivity contribution is 9.10. The summed E-state index contributed by atoms with van der Waals surface area (Å²) in [6.45, 7) is 4.86. The van der Waals surface area contributed by atoms with Crippen molar-refractivity contribution >= 4 is 21.7 Å². The third kappa shape index (κ3) is 3.59. The first-order chi connectivity index (χ1) is 9.11. The van der Waals surface area contributed by atoms with E-state index >= 15 is 0 Å². The predicted octanol–water partition coefficient (Wildman–Crippen LogP) is 4.86. The second-order valence-corrected chi connectivity index (χ2v) is 6.25. The van der Waals surface area contributed by atoms with Crippen LogP contribution >= 0.6 is 15.9 Å². The number of carbonyl (C=O) groups is 1. The quantitative estimate of drug-likeness (QED) is 0.739. The van der Waals surface area contributed by atoms with Crippen LogP contribution in [0.25, 0.3) is 0 Å². The Morgan fingerprint density at radius 2 is 2.00 bits per heavy atom. The molecule has 3 heteroatoms. The van der Waals surface area contributed by atoms with Crippen LogP contribution in [-0.4, -0.2) is 12.4 Å². The van der Waals surface area contributed by atoms with Crippen LogP contribution in [0.1, 0.15) is 49.9 Å². The number of hydrogen-bond donors (Lipinski definition) is 0. The number of Topliss-reactive ketones (excluding diaryl/α,β-unsaturated/α-hetero) is 1. The van der Waals surface area contributed by atoms with Gasteiger partial charge in [0.2, 0.25) is 0 Å². The van der Waals surface area contributed by atoms with E-state index in [1.165, 1.54) is 12.8 Å². The first-order valence-corrected chi connectivity index (χ1v) is 7.87. The largest absolute Gasteiger partial charge is 0.494 e. The molecule has 0 atom stereocenters. The van der Waals surface area contributed by atoms with Crippen molar-refractivity contribution in [2.75, 3.05) is 6.61 Å². The van der Waals surface area contributed by atoms with E-state index in [1.807, 2.05) is 25.1 Å². The van der Waals surface area contributed by atoms with Crippen molar-refractivity contribution in [2.24, 2.45) is 11.8 Å². The molecule has 0 saturated heterocycles. The second kappa shape index (κ2) is 6.56. The standard InChI is InChI=1S/C16H21BrO2/c1-3-19-13-8-9-14(15(17)10-13)16(18)12-6-4-11(2)5-7-12/h8-12H,3-7H2,1-2H3. The number of rotatable bonds is 4. The number of ether oxygens (including phenoxy) is 1. The average molecular weight is 325 g/mol. The Morgan fingerprint density at radius 3 is 2.58 bits per heavy atom. The minimum absolute atomic E-state index is 0.199. The highest BCUT2D eigenvalue weighted by atomic mass is 79.9. The summed E-state index contributed by atoms with van der Waals surface area (Å²) in [5, 5.41) is 0. The molecular formula is C16H21BrO2. The first kappa shape index (κ1) is 14.6. The van der Waals surface area contributed by atoms with Gasteiger partial charge < -0.3 is 4.74 Å². The Kier molecular flexibility index (Phi) is 5.03. The van der Waals surface area contributed by atoms with Gasteiger partial charge in [-0.3, -0.25) is 4.79 Å². The summed E-state index contributed by atoms with van der Waals surface area (Å²) in [5.74, 6) is 2.06. The molecule has 0 unspecified atom stereocenters. The van der Waals surface area contributed by atoms with Crippen molar-refractivity contribution in [1.82, 2.24) is 0 Å². The molecule has 0 heterocycles. The Labute approximate surface area is 123 Å². The molecular weight excluding hydrogens is 304 g/mol. The van der Waals surface area contributed by atoms with Crippen molar-refractivity contribution in [2.45, 2.75) is 39.5 Å². The molecule has 2 nitrogen and oxygen atoms in total. The van der Waals surface area contributed by atoms with E-state index in [0.717, 1.165) is 34.5 Å². The second-order valence-electron chi connectivity index (χ2n) is 5.40. The lowest BCUT2D eigenvalue weighted by atomic mass is 9.79. The molecule has 0 amide bonds. The number of hydrogen-bond acceptors (Lipinski definition) is 2. The lowest BCUT2D eigenvalue weighted by Gasteiger charge is -2.25. The van der Waals surface area contributed by atoms with Crippen molar-refractivity contribution in [3.05, 3.63) is 28.2 Å². The first-order valence-electron chi connectivity index (χ1n) is 7.08. The average Bonchev–Trinajstić information content (AvgIpc) is 2.39. The summed E-state index contributed by atoms with van der Waals surface area (Å²) >= 11 is 3.50. The fraction of sp³-hybridized carbons (Fsp3) is 0.562. The van der Waals surface area contributed by atoms with E-state index in [0.29, 0.717) is 6.61 Å². The van der Waals surface area contributed by atoms with Gasteiger partial charge >= 0.3 is 0 Å². The molecule has 0 N–H and O–H groups in total. The van der Waals surface area contributed by atoms with Gasteiger partial charge in [-0.2, -0.15) is 0 Å².